The number of hydrogen-bond donors (Lipinski definition) is 1. The second kappa shape index (κ2) is 9.90. The average Bonchev–Trinajstić information content (AvgIpc) is 2.77. The maximum absolute atomic E-state index is 13.0. The summed E-state index contributed by atoms with van der Waals surface area (Å²) in [4.78, 5) is 15.0. The minimum absolute atomic E-state index is 0.0811. The molecule has 0 aliphatic carbocycles. The van der Waals surface area contributed by atoms with E-state index in [4.69, 9.17) is 0 Å². The number of phenolic OH excluding ortho intramolecular Hbond substituents is 1. The zero-order valence-electron chi connectivity index (χ0n) is 19.4. The normalized spacial score (nSPS) is 20.7. The SMILES string of the molecule is CCS(=O)(=O)N1CCC(C2CCN(C(=O)[C@H](C)Cc3cc(C)c(O)c(C)c3)CC2)CC1. The van der Waals surface area contributed by atoms with Crippen molar-refractivity contribution in [1.29, 1.82) is 0 Å². The number of carbonyl (C=O) groups excluding carboxylic acids is 1. The number of carbonyl (C=O) groups is 1. The molecule has 6 nitrogen and oxygen atoms in total. The molecule has 0 unspecified atom stereocenters. The lowest BCUT2D eigenvalue weighted by atomic mass is 9.79. The highest BCUT2D eigenvalue weighted by Gasteiger charge is 2.34. The summed E-state index contributed by atoms with van der Waals surface area (Å²) < 4.78 is 25.8. The molecule has 1 aromatic carbocycles. The van der Waals surface area contributed by atoms with E-state index in [9.17, 15) is 18.3 Å². The number of hydrogen-bond acceptors (Lipinski definition) is 4. The van der Waals surface area contributed by atoms with Crippen molar-refractivity contribution in [2.45, 2.75) is 59.8 Å². The highest BCUT2D eigenvalue weighted by Crippen LogP contribution is 2.34. The Morgan fingerprint density at radius 3 is 2.00 bits per heavy atom. The second-order valence-electron chi connectivity index (χ2n) is 9.48. The number of aromatic hydroxyl groups is 1. The molecular formula is C24H38N2O4S. The largest absolute Gasteiger partial charge is 0.507 e. The van der Waals surface area contributed by atoms with Crippen LogP contribution in [0.1, 0.15) is 56.2 Å². The number of piperidine rings is 2. The summed E-state index contributed by atoms with van der Waals surface area (Å²) in [6.45, 7) is 10.4. The number of sulfonamides is 1. The van der Waals surface area contributed by atoms with Gasteiger partial charge < -0.3 is 10.0 Å². The third-order valence-electron chi connectivity index (χ3n) is 7.29. The summed E-state index contributed by atoms with van der Waals surface area (Å²) in [5.41, 5.74) is 2.80. The number of rotatable bonds is 6. The lowest BCUT2D eigenvalue weighted by Gasteiger charge is -2.40. The molecule has 2 heterocycles. The minimum atomic E-state index is -3.07. The van der Waals surface area contributed by atoms with Gasteiger partial charge >= 0.3 is 0 Å². The van der Waals surface area contributed by atoms with Crippen molar-refractivity contribution >= 4 is 15.9 Å². The third kappa shape index (κ3) is 5.61. The van der Waals surface area contributed by atoms with Crippen molar-refractivity contribution < 1.29 is 18.3 Å². The van der Waals surface area contributed by atoms with Gasteiger partial charge in [0.15, 0.2) is 0 Å². The Hall–Kier alpha value is -1.60. The quantitative estimate of drug-likeness (QED) is 0.720. The lowest BCUT2D eigenvalue weighted by molar-refractivity contribution is -0.136. The predicted molar refractivity (Wildman–Crippen MR) is 124 cm³/mol. The molecule has 0 spiro atoms. The van der Waals surface area contributed by atoms with Crippen LogP contribution in [0.25, 0.3) is 0 Å². The smallest absolute Gasteiger partial charge is 0.225 e. The minimum Gasteiger partial charge on any atom is -0.507 e. The van der Waals surface area contributed by atoms with Gasteiger partial charge in [-0.15, -0.1) is 0 Å². The van der Waals surface area contributed by atoms with Gasteiger partial charge in [0.2, 0.25) is 15.9 Å². The molecule has 31 heavy (non-hydrogen) atoms. The standard InChI is InChI=1S/C24H38N2O4S/c1-5-31(29,30)26-12-8-22(9-13-26)21-6-10-25(11-7-21)24(28)19(4)16-20-14-17(2)23(27)18(3)15-20/h14-15,19,21-22,27H,5-13,16H2,1-4H3/t19-/m1/s1. The fourth-order valence-corrected chi connectivity index (χ4v) is 6.45. The maximum atomic E-state index is 13.0. The number of nitrogens with zero attached hydrogens (tertiary/aromatic N) is 2. The van der Waals surface area contributed by atoms with Crippen LogP contribution in [-0.2, 0) is 21.2 Å². The van der Waals surface area contributed by atoms with Gasteiger partial charge in [-0.1, -0.05) is 19.1 Å². The zero-order valence-corrected chi connectivity index (χ0v) is 20.2. The Labute approximate surface area is 187 Å². The Morgan fingerprint density at radius 2 is 1.52 bits per heavy atom. The van der Waals surface area contributed by atoms with Gasteiger partial charge in [-0.25, -0.2) is 12.7 Å². The molecule has 2 aliphatic heterocycles. The first-order valence-corrected chi connectivity index (χ1v) is 13.3. The van der Waals surface area contributed by atoms with Gasteiger partial charge in [0.25, 0.3) is 0 Å². The van der Waals surface area contributed by atoms with Crippen LogP contribution in [-0.4, -0.2) is 60.6 Å². The van der Waals surface area contributed by atoms with Crippen molar-refractivity contribution in [2.75, 3.05) is 31.9 Å². The second-order valence-corrected chi connectivity index (χ2v) is 11.7. The van der Waals surface area contributed by atoms with Gasteiger partial charge in [-0.05, 0) is 81.4 Å². The van der Waals surface area contributed by atoms with E-state index in [2.05, 4.69) is 0 Å². The van der Waals surface area contributed by atoms with Crippen molar-refractivity contribution in [2.24, 2.45) is 17.8 Å². The molecule has 2 aliphatic rings. The number of aryl methyl sites for hydroxylation is 2. The molecule has 0 saturated carbocycles. The van der Waals surface area contributed by atoms with Crippen LogP contribution in [0.4, 0.5) is 0 Å². The zero-order chi connectivity index (χ0) is 22.8. The molecule has 1 aromatic rings. The van der Waals surface area contributed by atoms with Crippen molar-refractivity contribution in [3.8, 4) is 5.75 Å². The molecule has 1 amide bonds. The van der Waals surface area contributed by atoms with Crippen LogP contribution >= 0.6 is 0 Å². The number of likely N-dealkylation sites (tertiary alicyclic amines) is 1. The highest BCUT2D eigenvalue weighted by molar-refractivity contribution is 7.89. The molecule has 1 N–H and O–H groups in total. The van der Waals surface area contributed by atoms with E-state index in [1.807, 2.05) is 37.8 Å². The van der Waals surface area contributed by atoms with Gasteiger partial charge in [0.1, 0.15) is 5.75 Å². The topological polar surface area (TPSA) is 77.9 Å². The van der Waals surface area contributed by atoms with Gasteiger partial charge in [-0.3, -0.25) is 4.79 Å². The lowest BCUT2D eigenvalue weighted by Crippen LogP contribution is -2.45. The fourth-order valence-electron chi connectivity index (χ4n) is 5.32. The van der Waals surface area contributed by atoms with Crippen LogP contribution in [0.2, 0.25) is 0 Å². The summed E-state index contributed by atoms with van der Waals surface area (Å²) in [5, 5.41) is 9.97. The van der Waals surface area contributed by atoms with Gasteiger partial charge in [0, 0.05) is 32.1 Å². The van der Waals surface area contributed by atoms with Crippen molar-refractivity contribution in [1.82, 2.24) is 9.21 Å². The van der Waals surface area contributed by atoms with E-state index in [0.717, 1.165) is 55.5 Å². The first kappa shape index (κ1) is 24.1. The fraction of sp³-hybridized carbons (Fsp3) is 0.708. The summed E-state index contributed by atoms with van der Waals surface area (Å²) in [6.07, 6.45) is 4.59. The van der Waals surface area contributed by atoms with Crippen molar-refractivity contribution in [3.63, 3.8) is 0 Å². The molecule has 0 aromatic heterocycles. The molecule has 0 bridgehead atoms. The van der Waals surface area contributed by atoms with Crippen LogP contribution < -0.4 is 0 Å². The third-order valence-corrected chi connectivity index (χ3v) is 9.17. The van der Waals surface area contributed by atoms with E-state index < -0.39 is 10.0 Å². The van der Waals surface area contributed by atoms with Crippen LogP contribution in [0, 0.1) is 31.6 Å². The number of amides is 1. The Balaban J connectivity index is 1.49. The monoisotopic (exact) mass is 450 g/mol. The van der Waals surface area contributed by atoms with Gasteiger partial charge in [-0.2, -0.15) is 0 Å². The predicted octanol–water partition coefficient (Wildman–Crippen LogP) is 3.49. The van der Waals surface area contributed by atoms with E-state index >= 15 is 0 Å². The van der Waals surface area contributed by atoms with Gasteiger partial charge in [0.05, 0.1) is 5.75 Å². The molecule has 174 valence electrons. The molecule has 2 fully saturated rings. The van der Waals surface area contributed by atoms with E-state index in [1.165, 1.54) is 0 Å². The van der Waals surface area contributed by atoms with Crippen molar-refractivity contribution in [3.05, 3.63) is 28.8 Å². The first-order chi connectivity index (χ1) is 14.6. The molecule has 2 saturated heterocycles. The Bertz CT molecular complexity index is 860. The van der Waals surface area contributed by atoms with E-state index in [1.54, 1.807) is 11.2 Å². The Kier molecular flexibility index (Phi) is 7.68. The Morgan fingerprint density at radius 1 is 1.03 bits per heavy atom. The summed E-state index contributed by atoms with van der Waals surface area (Å²) >= 11 is 0. The van der Waals surface area contributed by atoms with Crippen LogP contribution in [0.15, 0.2) is 12.1 Å². The van der Waals surface area contributed by atoms with Crippen LogP contribution in [0.5, 0.6) is 5.75 Å². The molecule has 1 atom stereocenters. The molecule has 0 radical (unpaired) electrons. The summed E-state index contributed by atoms with van der Waals surface area (Å²) in [7, 11) is -3.07. The molecule has 3 rings (SSSR count). The molecule has 7 heteroatoms. The van der Waals surface area contributed by atoms with E-state index in [0.29, 0.717) is 37.1 Å². The highest BCUT2D eigenvalue weighted by atomic mass is 32.2. The first-order valence-electron chi connectivity index (χ1n) is 11.7. The maximum Gasteiger partial charge on any atom is 0.225 e. The van der Waals surface area contributed by atoms with Crippen LogP contribution in [0.3, 0.4) is 0 Å². The van der Waals surface area contributed by atoms with E-state index in [-0.39, 0.29) is 17.6 Å². The summed E-state index contributed by atoms with van der Waals surface area (Å²) in [6, 6.07) is 3.95. The number of benzene rings is 1. The summed E-state index contributed by atoms with van der Waals surface area (Å²) in [5.74, 6) is 1.81. The number of phenols is 1. The molecular weight excluding hydrogens is 412 g/mol. The average molecular weight is 451 g/mol.